The molecule has 0 spiro atoms. The van der Waals surface area contributed by atoms with Gasteiger partial charge in [-0.05, 0) is 57.1 Å². The summed E-state index contributed by atoms with van der Waals surface area (Å²) in [6.45, 7) is 7.59. The van der Waals surface area contributed by atoms with Gasteiger partial charge in [0.25, 0.3) is 0 Å². The van der Waals surface area contributed by atoms with Crippen molar-refractivity contribution in [1.82, 2.24) is 4.90 Å². The van der Waals surface area contributed by atoms with E-state index in [1.165, 1.54) is 11.3 Å². The molecule has 120 valence electrons. The van der Waals surface area contributed by atoms with Gasteiger partial charge in [-0.1, -0.05) is 29.8 Å². The lowest BCUT2D eigenvalue weighted by Gasteiger charge is -2.29. The van der Waals surface area contributed by atoms with Gasteiger partial charge in [-0.2, -0.15) is 0 Å². The second-order valence-corrected chi connectivity index (χ2v) is 6.85. The number of likely N-dealkylation sites (N-methyl/N-ethyl adjacent to an activating group) is 1. The molecule has 0 saturated carbocycles. The molecule has 1 unspecified atom stereocenters. The summed E-state index contributed by atoms with van der Waals surface area (Å²) in [6.07, 6.45) is 3.10. The van der Waals surface area contributed by atoms with Gasteiger partial charge in [-0.15, -0.1) is 0 Å². The first-order valence-corrected chi connectivity index (χ1v) is 8.70. The van der Waals surface area contributed by atoms with E-state index in [0.29, 0.717) is 0 Å². The van der Waals surface area contributed by atoms with Gasteiger partial charge in [0.05, 0.1) is 0 Å². The zero-order valence-corrected chi connectivity index (χ0v) is 15.5. The van der Waals surface area contributed by atoms with E-state index in [1.807, 2.05) is 0 Å². The average molecular weight is 356 g/mol. The van der Waals surface area contributed by atoms with E-state index in [1.54, 1.807) is 0 Å². The molecule has 1 aromatic carbocycles. The lowest BCUT2D eigenvalue weighted by Crippen LogP contribution is -2.33. The zero-order valence-electron chi connectivity index (χ0n) is 13.9. The van der Waals surface area contributed by atoms with Crippen LogP contribution in [0.15, 0.2) is 22.7 Å². The zero-order chi connectivity index (χ0) is 15.8. The van der Waals surface area contributed by atoms with Crippen molar-refractivity contribution in [2.75, 3.05) is 38.6 Å². The van der Waals surface area contributed by atoms with E-state index in [2.05, 4.69) is 71.9 Å². The number of nitrogens with zero attached hydrogens (tertiary/aromatic N) is 2. The third-order valence-electron chi connectivity index (χ3n) is 3.70. The van der Waals surface area contributed by atoms with Gasteiger partial charge in [0.1, 0.15) is 0 Å². The number of nitrogens with two attached hydrogens (primary N) is 1. The molecule has 1 rings (SSSR count). The SMILES string of the molecule is CCCN(CCN(C)C)c1ccc(Br)cc1CC(N)CC. The Kier molecular flexibility index (Phi) is 8.30. The fourth-order valence-corrected chi connectivity index (χ4v) is 2.80. The molecule has 21 heavy (non-hydrogen) atoms. The van der Waals surface area contributed by atoms with Crippen molar-refractivity contribution in [1.29, 1.82) is 0 Å². The molecule has 1 aromatic rings. The van der Waals surface area contributed by atoms with Crippen LogP contribution in [0, 0.1) is 0 Å². The summed E-state index contributed by atoms with van der Waals surface area (Å²) in [4.78, 5) is 4.73. The molecule has 1 atom stereocenters. The summed E-state index contributed by atoms with van der Waals surface area (Å²) in [7, 11) is 4.25. The molecule has 0 heterocycles. The van der Waals surface area contributed by atoms with Gasteiger partial charge in [0.2, 0.25) is 0 Å². The second-order valence-electron chi connectivity index (χ2n) is 5.94. The molecule has 0 radical (unpaired) electrons. The van der Waals surface area contributed by atoms with E-state index in [-0.39, 0.29) is 6.04 Å². The van der Waals surface area contributed by atoms with E-state index in [4.69, 9.17) is 5.73 Å². The smallest absolute Gasteiger partial charge is 0.0400 e. The first-order chi connectivity index (χ1) is 9.97. The van der Waals surface area contributed by atoms with Crippen LogP contribution in [0.25, 0.3) is 0 Å². The Morgan fingerprint density at radius 1 is 1.14 bits per heavy atom. The topological polar surface area (TPSA) is 32.5 Å². The molecule has 0 amide bonds. The molecule has 0 aliphatic carbocycles. The Morgan fingerprint density at radius 2 is 1.86 bits per heavy atom. The fraction of sp³-hybridized carbons (Fsp3) is 0.647. The monoisotopic (exact) mass is 355 g/mol. The van der Waals surface area contributed by atoms with Crippen molar-refractivity contribution in [3.05, 3.63) is 28.2 Å². The van der Waals surface area contributed by atoms with Crippen molar-refractivity contribution in [3.8, 4) is 0 Å². The van der Waals surface area contributed by atoms with Crippen LogP contribution in [0.1, 0.15) is 32.3 Å². The molecule has 4 heteroatoms. The number of hydrogen-bond acceptors (Lipinski definition) is 3. The van der Waals surface area contributed by atoms with E-state index >= 15 is 0 Å². The van der Waals surface area contributed by atoms with Gasteiger partial charge in [-0.3, -0.25) is 0 Å². The largest absolute Gasteiger partial charge is 0.370 e. The minimum Gasteiger partial charge on any atom is -0.370 e. The highest BCUT2D eigenvalue weighted by atomic mass is 79.9. The Balaban J connectivity index is 2.99. The minimum atomic E-state index is 0.232. The number of anilines is 1. The molecule has 3 nitrogen and oxygen atoms in total. The van der Waals surface area contributed by atoms with Crippen LogP contribution in [0.4, 0.5) is 5.69 Å². The quantitative estimate of drug-likeness (QED) is 0.735. The predicted octanol–water partition coefficient (Wildman–Crippen LogP) is 3.51. The molecule has 0 aliphatic rings. The maximum absolute atomic E-state index is 6.18. The van der Waals surface area contributed by atoms with Gasteiger partial charge < -0.3 is 15.5 Å². The van der Waals surface area contributed by atoms with Crippen LogP contribution >= 0.6 is 15.9 Å². The molecular weight excluding hydrogens is 326 g/mol. The predicted molar refractivity (Wildman–Crippen MR) is 97.2 cm³/mol. The second kappa shape index (κ2) is 9.44. The van der Waals surface area contributed by atoms with Gasteiger partial charge in [-0.25, -0.2) is 0 Å². The third-order valence-corrected chi connectivity index (χ3v) is 4.19. The van der Waals surface area contributed by atoms with Crippen molar-refractivity contribution >= 4 is 21.6 Å². The first-order valence-electron chi connectivity index (χ1n) is 7.91. The average Bonchev–Trinajstić information content (AvgIpc) is 2.43. The minimum absolute atomic E-state index is 0.232. The van der Waals surface area contributed by atoms with E-state index < -0.39 is 0 Å². The Bertz CT molecular complexity index is 420. The van der Waals surface area contributed by atoms with Gasteiger partial charge in [0.15, 0.2) is 0 Å². The molecule has 0 bridgehead atoms. The Labute approximate surface area is 138 Å². The molecular formula is C17H30BrN3. The van der Waals surface area contributed by atoms with E-state index in [9.17, 15) is 0 Å². The maximum atomic E-state index is 6.18. The summed E-state index contributed by atoms with van der Waals surface area (Å²) in [5.41, 5.74) is 8.87. The van der Waals surface area contributed by atoms with Crippen molar-refractivity contribution in [3.63, 3.8) is 0 Å². The molecule has 0 aliphatic heterocycles. The number of rotatable bonds is 9. The van der Waals surface area contributed by atoms with Crippen molar-refractivity contribution in [2.45, 2.75) is 39.2 Å². The Hall–Kier alpha value is -0.580. The number of benzene rings is 1. The highest BCUT2D eigenvalue weighted by Gasteiger charge is 2.13. The van der Waals surface area contributed by atoms with Crippen LogP contribution in [0.3, 0.4) is 0 Å². The summed E-state index contributed by atoms with van der Waals surface area (Å²) in [6, 6.07) is 6.82. The summed E-state index contributed by atoms with van der Waals surface area (Å²) >= 11 is 3.59. The van der Waals surface area contributed by atoms with Crippen LogP contribution < -0.4 is 10.6 Å². The third kappa shape index (κ3) is 6.37. The van der Waals surface area contributed by atoms with Crippen LogP contribution in [-0.4, -0.2) is 44.7 Å². The van der Waals surface area contributed by atoms with E-state index in [0.717, 1.165) is 43.4 Å². The molecule has 0 saturated heterocycles. The van der Waals surface area contributed by atoms with Crippen molar-refractivity contribution in [2.24, 2.45) is 5.73 Å². The maximum Gasteiger partial charge on any atom is 0.0400 e. The highest BCUT2D eigenvalue weighted by molar-refractivity contribution is 9.10. The van der Waals surface area contributed by atoms with Crippen LogP contribution in [0.5, 0.6) is 0 Å². The molecule has 0 aromatic heterocycles. The van der Waals surface area contributed by atoms with Crippen LogP contribution in [0.2, 0.25) is 0 Å². The van der Waals surface area contributed by atoms with Gasteiger partial charge in [0, 0.05) is 35.8 Å². The molecule has 0 fully saturated rings. The number of hydrogen-bond donors (Lipinski definition) is 1. The lowest BCUT2D eigenvalue weighted by atomic mass is 10.0. The normalized spacial score (nSPS) is 12.7. The van der Waals surface area contributed by atoms with Crippen LogP contribution in [-0.2, 0) is 6.42 Å². The van der Waals surface area contributed by atoms with Crippen molar-refractivity contribution < 1.29 is 0 Å². The summed E-state index contributed by atoms with van der Waals surface area (Å²) < 4.78 is 1.13. The Morgan fingerprint density at radius 3 is 2.43 bits per heavy atom. The number of halogens is 1. The highest BCUT2D eigenvalue weighted by Crippen LogP contribution is 2.26. The standard InChI is InChI=1S/C17H30BrN3/c1-5-9-21(11-10-20(3)4)17-8-7-15(18)12-14(17)13-16(19)6-2/h7-8,12,16H,5-6,9-11,13,19H2,1-4H3. The summed E-state index contributed by atoms with van der Waals surface area (Å²) in [5.74, 6) is 0. The fourth-order valence-electron chi connectivity index (χ4n) is 2.40. The van der Waals surface area contributed by atoms with Gasteiger partial charge >= 0.3 is 0 Å². The molecule has 2 N–H and O–H groups in total. The first kappa shape index (κ1) is 18.5. The lowest BCUT2D eigenvalue weighted by molar-refractivity contribution is 0.412. The summed E-state index contributed by atoms with van der Waals surface area (Å²) in [5, 5.41) is 0.